The Morgan fingerprint density at radius 2 is 1.54 bits per heavy atom. The molecule has 12 nitrogen and oxygen atoms in total. The van der Waals surface area contributed by atoms with Gasteiger partial charge in [0, 0.05) is 6.54 Å². The maximum atomic E-state index is 8.74. The van der Waals surface area contributed by atoms with Crippen molar-refractivity contribution in [3.05, 3.63) is 28.2 Å². The van der Waals surface area contributed by atoms with E-state index >= 15 is 0 Å². The minimum Gasteiger partial charge on any atom is -0.480 e. The Morgan fingerprint density at radius 3 is 1.88 bits per heavy atom. The van der Waals surface area contributed by atoms with Gasteiger partial charge in [-0.1, -0.05) is 29.3 Å². The normalized spacial score (nSPS) is 12.4. The van der Waals surface area contributed by atoms with Gasteiger partial charge in [-0.15, -0.1) is 0 Å². The molecule has 26 heavy (non-hydrogen) atoms. The lowest BCUT2D eigenvalue weighted by atomic mass is 10.3. The van der Waals surface area contributed by atoms with Crippen LogP contribution in [0.1, 0.15) is 6.92 Å². The second-order valence-corrected chi connectivity index (χ2v) is 5.66. The van der Waals surface area contributed by atoms with E-state index in [2.05, 4.69) is 10.3 Å². The molecule has 158 valence electrons. The molecule has 1 aromatic rings. The standard InChI is InChI=1S/C11H12Cl2N2O.H2O4S.5H2O/c1-7(11-14-5-6-15-11)16-10-8(12)3-2-4-9(10)13;1-5(2,3)4;;;;;/h2-4,7H,5-6H2,1H3,(H,14,15);(H2,1,2,3,4);5*1H2. The van der Waals surface area contributed by atoms with E-state index in [1.165, 1.54) is 0 Å². The van der Waals surface area contributed by atoms with Crippen molar-refractivity contribution in [2.75, 3.05) is 13.1 Å². The third kappa shape index (κ3) is 14.0. The highest BCUT2D eigenvalue weighted by Gasteiger charge is 2.17. The van der Waals surface area contributed by atoms with Gasteiger partial charge < -0.3 is 37.4 Å². The third-order valence-electron chi connectivity index (χ3n) is 2.30. The SMILES string of the molecule is CC(Oc1c(Cl)cccc1Cl)C1=NCCN1.O.O.O.O.O.O=S(=O)(O)O. The third-order valence-corrected chi connectivity index (χ3v) is 2.89. The second-order valence-electron chi connectivity index (χ2n) is 3.95. The lowest BCUT2D eigenvalue weighted by Gasteiger charge is -2.16. The number of rotatable bonds is 3. The molecule has 1 aliphatic rings. The molecule has 0 aromatic heterocycles. The van der Waals surface area contributed by atoms with Crippen LogP contribution in [0, 0.1) is 0 Å². The Hall–Kier alpha value is -1.26. The molecule has 15 heteroatoms. The van der Waals surface area contributed by atoms with Gasteiger partial charge in [0.25, 0.3) is 0 Å². The number of ether oxygens (including phenoxy) is 1. The Bertz CT molecular complexity index is 601. The molecule has 0 saturated heterocycles. The maximum Gasteiger partial charge on any atom is 0.394 e. The second kappa shape index (κ2) is 16.0. The quantitative estimate of drug-likeness (QED) is 0.440. The Balaban J connectivity index is -0.000000132. The topological polar surface area (TPSA) is 266 Å². The molecule has 0 radical (unpaired) electrons. The van der Waals surface area contributed by atoms with Gasteiger partial charge in [0.2, 0.25) is 0 Å². The van der Waals surface area contributed by atoms with Gasteiger partial charge in [-0.25, -0.2) is 0 Å². The average molecular weight is 447 g/mol. The number of nitrogens with one attached hydrogen (secondary N) is 1. The molecule has 1 heterocycles. The molecule has 0 bridgehead atoms. The summed E-state index contributed by atoms with van der Waals surface area (Å²) in [6.45, 7) is 3.56. The summed E-state index contributed by atoms with van der Waals surface area (Å²) in [5, 5.41) is 4.18. The molecular formula is C11H24Cl2N2O10S. The van der Waals surface area contributed by atoms with Crippen LogP contribution in [-0.4, -0.2) is 69.9 Å². The fraction of sp³-hybridized carbons (Fsp3) is 0.364. The van der Waals surface area contributed by atoms with Crippen LogP contribution < -0.4 is 10.1 Å². The van der Waals surface area contributed by atoms with E-state index in [0.717, 1.165) is 18.9 Å². The van der Waals surface area contributed by atoms with E-state index in [1.54, 1.807) is 18.2 Å². The maximum absolute atomic E-state index is 8.74. The van der Waals surface area contributed by atoms with Crippen molar-refractivity contribution in [3.8, 4) is 5.75 Å². The molecule has 0 aliphatic carbocycles. The molecule has 1 atom stereocenters. The lowest BCUT2D eigenvalue weighted by Crippen LogP contribution is -2.33. The average Bonchev–Trinajstić information content (AvgIpc) is 2.85. The molecule has 1 aliphatic heterocycles. The number of nitrogens with zero attached hydrogens (tertiary/aromatic N) is 1. The summed E-state index contributed by atoms with van der Waals surface area (Å²) >= 11 is 12.0. The number of hydrogen-bond donors (Lipinski definition) is 3. The summed E-state index contributed by atoms with van der Waals surface area (Å²) in [5.41, 5.74) is 0. The first-order chi connectivity index (χ1) is 9.68. The van der Waals surface area contributed by atoms with E-state index in [9.17, 15) is 0 Å². The van der Waals surface area contributed by atoms with E-state index in [1.807, 2.05) is 6.92 Å². The Kier molecular flexibility index (Phi) is 22.0. The van der Waals surface area contributed by atoms with Gasteiger partial charge in [0.05, 0.1) is 16.6 Å². The lowest BCUT2D eigenvalue weighted by molar-refractivity contribution is 0.284. The first-order valence-electron chi connectivity index (χ1n) is 5.77. The number of hydrogen-bond acceptors (Lipinski definition) is 5. The van der Waals surface area contributed by atoms with Crippen molar-refractivity contribution in [1.29, 1.82) is 0 Å². The first kappa shape index (κ1) is 35.8. The summed E-state index contributed by atoms with van der Waals surface area (Å²) in [5.74, 6) is 1.35. The van der Waals surface area contributed by atoms with Gasteiger partial charge in [-0.2, -0.15) is 8.42 Å². The minimum absolute atomic E-state index is 0. The summed E-state index contributed by atoms with van der Waals surface area (Å²) in [6, 6.07) is 5.28. The van der Waals surface area contributed by atoms with Gasteiger partial charge in [-0.3, -0.25) is 14.1 Å². The zero-order valence-corrected chi connectivity index (χ0v) is 15.8. The van der Waals surface area contributed by atoms with Crippen molar-refractivity contribution >= 4 is 39.4 Å². The molecule has 0 spiro atoms. The summed E-state index contributed by atoms with van der Waals surface area (Å²) in [7, 11) is -4.67. The van der Waals surface area contributed by atoms with Crippen molar-refractivity contribution in [2.24, 2.45) is 4.99 Å². The zero-order valence-electron chi connectivity index (χ0n) is 13.5. The minimum atomic E-state index is -4.67. The van der Waals surface area contributed by atoms with Crippen LogP contribution in [0.5, 0.6) is 5.75 Å². The molecule has 0 saturated carbocycles. The van der Waals surface area contributed by atoms with E-state index in [4.69, 9.17) is 45.5 Å². The number of halogens is 2. The Morgan fingerprint density at radius 1 is 1.12 bits per heavy atom. The highest BCUT2D eigenvalue weighted by molar-refractivity contribution is 7.79. The highest BCUT2D eigenvalue weighted by atomic mass is 35.5. The molecular weight excluding hydrogens is 423 g/mol. The van der Waals surface area contributed by atoms with E-state index in [0.29, 0.717) is 15.8 Å². The Labute approximate surface area is 159 Å². The zero-order chi connectivity index (χ0) is 16.0. The number of para-hydroxylation sites is 1. The smallest absolute Gasteiger partial charge is 0.394 e. The molecule has 13 N–H and O–H groups in total. The summed E-state index contributed by atoms with van der Waals surface area (Å²) < 4.78 is 37.3. The van der Waals surface area contributed by atoms with Crippen molar-refractivity contribution in [2.45, 2.75) is 13.0 Å². The molecule has 0 fully saturated rings. The van der Waals surface area contributed by atoms with Crippen molar-refractivity contribution in [3.63, 3.8) is 0 Å². The monoisotopic (exact) mass is 446 g/mol. The predicted octanol–water partition coefficient (Wildman–Crippen LogP) is -2.01. The molecule has 1 aromatic carbocycles. The fourth-order valence-electron chi connectivity index (χ4n) is 1.52. The van der Waals surface area contributed by atoms with Crippen molar-refractivity contribution < 1.29 is 49.6 Å². The van der Waals surface area contributed by atoms with E-state index < -0.39 is 10.4 Å². The van der Waals surface area contributed by atoms with Crippen LogP contribution in [-0.2, 0) is 10.4 Å². The number of amidine groups is 1. The van der Waals surface area contributed by atoms with Crippen LogP contribution in [0.4, 0.5) is 0 Å². The fourth-order valence-corrected chi connectivity index (χ4v) is 2.00. The first-order valence-corrected chi connectivity index (χ1v) is 7.92. The van der Waals surface area contributed by atoms with Crippen LogP contribution in [0.3, 0.4) is 0 Å². The van der Waals surface area contributed by atoms with Gasteiger partial charge in [-0.05, 0) is 19.1 Å². The van der Waals surface area contributed by atoms with Crippen LogP contribution >= 0.6 is 23.2 Å². The number of aliphatic imine (C=N–C) groups is 1. The van der Waals surface area contributed by atoms with Gasteiger partial charge in [0.15, 0.2) is 11.9 Å². The largest absolute Gasteiger partial charge is 0.480 e. The summed E-state index contributed by atoms with van der Waals surface area (Å²) in [6.07, 6.45) is -0.167. The van der Waals surface area contributed by atoms with Gasteiger partial charge >= 0.3 is 10.4 Å². The van der Waals surface area contributed by atoms with Crippen LogP contribution in [0.2, 0.25) is 10.0 Å². The number of benzene rings is 1. The van der Waals surface area contributed by atoms with Crippen LogP contribution in [0.15, 0.2) is 23.2 Å². The van der Waals surface area contributed by atoms with E-state index in [-0.39, 0.29) is 33.5 Å². The highest BCUT2D eigenvalue weighted by Crippen LogP contribution is 2.33. The summed E-state index contributed by atoms with van der Waals surface area (Å²) in [4.78, 5) is 4.29. The molecule has 0 amide bonds. The predicted molar refractivity (Wildman–Crippen MR) is 99.1 cm³/mol. The molecule has 1 unspecified atom stereocenters. The van der Waals surface area contributed by atoms with Crippen LogP contribution in [0.25, 0.3) is 0 Å². The molecule has 2 rings (SSSR count). The van der Waals surface area contributed by atoms with Gasteiger partial charge in [0.1, 0.15) is 5.84 Å². The van der Waals surface area contributed by atoms with Crippen molar-refractivity contribution in [1.82, 2.24) is 5.32 Å².